The van der Waals surface area contributed by atoms with E-state index in [1.54, 1.807) is 18.3 Å². The fourth-order valence-electron chi connectivity index (χ4n) is 2.98. The van der Waals surface area contributed by atoms with E-state index in [1.807, 2.05) is 0 Å². The van der Waals surface area contributed by atoms with Crippen molar-refractivity contribution in [3.63, 3.8) is 0 Å². The lowest BCUT2D eigenvalue weighted by atomic mass is 10.1. The number of ether oxygens (including phenoxy) is 1. The van der Waals surface area contributed by atoms with Gasteiger partial charge in [0.25, 0.3) is 0 Å². The highest BCUT2D eigenvalue weighted by Crippen LogP contribution is 2.33. The number of carbonyl (C=O) groups is 1. The van der Waals surface area contributed by atoms with Crippen LogP contribution in [0.1, 0.15) is 29.6 Å². The minimum absolute atomic E-state index is 0.238. The van der Waals surface area contributed by atoms with E-state index in [0.29, 0.717) is 12.4 Å². The molecule has 2 unspecified atom stereocenters. The minimum atomic E-state index is -0.917. The molecule has 0 spiro atoms. The van der Waals surface area contributed by atoms with Crippen LogP contribution < -0.4 is 4.90 Å². The fourth-order valence-corrected chi connectivity index (χ4v) is 2.98. The number of hydrogen-bond acceptors (Lipinski definition) is 4. The number of anilines is 1. The Kier molecular flexibility index (Phi) is 2.91. The molecule has 18 heavy (non-hydrogen) atoms. The summed E-state index contributed by atoms with van der Waals surface area (Å²) in [5.41, 5.74) is 0.282. The zero-order chi connectivity index (χ0) is 12.5. The molecular formula is C13H16N2O3. The predicted octanol–water partition coefficient (Wildman–Crippen LogP) is 1.54. The fraction of sp³-hybridized carbons (Fsp3) is 0.538. The van der Waals surface area contributed by atoms with Crippen molar-refractivity contribution < 1.29 is 14.6 Å². The molecule has 0 aromatic carbocycles. The van der Waals surface area contributed by atoms with Crippen LogP contribution in [0, 0.1) is 0 Å². The molecule has 1 aromatic rings. The van der Waals surface area contributed by atoms with E-state index in [9.17, 15) is 9.90 Å². The average Bonchev–Trinajstić information content (AvgIpc) is 2.86. The van der Waals surface area contributed by atoms with Gasteiger partial charge in [0, 0.05) is 12.7 Å². The number of aromatic nitrogens is 1. The van der Waals surface area contributed by atoms with E-state index in [4.69, 9.17) is 4.74 Å². The molecule has 0 amide bonds. The monoisotopic (exact) mass is 248 g/mol. The smallest absolute Gasteiger partial charge is 0.339 e. The highest BCUT2D eigenvalue weighted by atomic mass is 16.5. The van der Waals surface area contributed by atoms with Crippen molar-refractivity contribution in [2.75, 3.05) is 18.1 Å². The van der Waals surface area contributed by atoms with Crippen LogP contribution in [-0.4, -0.2) is 41.4 Å². The Hall–Kier alpha value is -1.62. The van der Waals surface area contributed by atoms with Crippen LogP contribution in [0.25, 0.3) is 0 Å². The van der Waals surface area contributed by atoms with Gasteiger partial charge in [-0.15, -0.1) is 0 Å². The van der Waals surface area contributed by atoms with E-state index in [-0.39, 0.29) is 17.7 Å². The van der Waals surface area contributed by atoms with Gasteiger partial charge in [0.1, 0.15) is 11.4 Å². The highest BCUT2D eigenvalue weighted by molar-refractivity contribution is 5.93. The van der Waals surface area contributed by atoms with Crippen LogP contribution in [-0.2, 0) is 4.74 Å². The van der Waals surface area contributed by atoms with Gasteiger partial charge in [-0.1, -0.05) is 0 Å². The molecule has 1 N–H and O–H groups in total. The lowest BCUT2D eigenvalue weighted by Crippen LogP contribution is -2.49. The highest BCUT2D eigenvalue weighted by Gasteiger charge is 2.37. The summed E-state index contributed by atoms with van der Waals surface area (Å²) in [7, 11) is 0. The molecule has 0 bridgehead atoms. The molecule has 2 aliphatic rings. The molecule has 2 atom stereocenters. The van der Waals surface area contributed by atoms with E-state index in [2.05, 4.69) is 9.88 Å². The maximum absolute atomic E-state index is 11.3. The predicted molar refractivity (Wildman–Crippen MR) is 65.9 cm³/mol. The lowest BCUT2D eigenvalue weighted by Gasteiger charge is -2.38. The van der Waals surface area contributed by atoms with Gasteiger partial charge in [0.2, 0.25) is 0 Å². The van der Waals surface area contributed by atoms with Crippen molar-refractivity contribution in [1.82, 2.24) is 4.98 Å². The van der Waals surface area contributed by atoms with Gasteiger partial charge in [-0.25, -0.2) is 9.78 Å². The first-order valence-electron chi connectivity index (χ1n) is 6.34. The van der Waals surface area contributed by atoms with Gasteiger partial charge >= 0.3 is 5.97 Å². The Morgan fingerprint density at radius 3 is 3.22 bits per heavy atom. The summed E-state index contributed by atoms with van der Waals surface area (Å²) in [5, 5.41) is 9.24. The van der Waals surface area contributed by atoms with Gasteiger partial charge in [-0.3, -0.25) is 0 Å². The molecule has 1 saturated heterocycles. The largest absolute Gasteiger partial charge is 0.478 e. The second-order valence-electron chi connectivity index (χ2n) is 4.78. The standard InChI is InChI=1S/C13H16N2O3/c16-13(17)9-3-2-6-14-12(9)15-7-8-18-11-5-1-4-10(11)15/h2-3,6,10-11H,1,4-5,7-8H2,(H,16,17). The van der Waals surface area contributed by atoms with Crippen LogP contribution in [0.5, 0.6) is 0 Å². The minimum Gasteiger partial charge on any atom is -0.478 e. The maximum atomic E-state index is 11.3. The molecule has 5 nitrogen and oxygen atoms in total. The topological polar surface area (TPSA) is 62.7 Å². The zero-order valence-electron chi connectivity index (χ0n) is 10.1. The number of fused-ring (bicyclic) bond motifs is 1. The first-order valence-corrected chi connectivity index (χ1v) is 6.34. The van der Waals surface area contributed by atoms with Gasteiger partial charge in [-0.05, 0) is 31.4 Å². The zero-order valence-corrected chi connectivity index (χ0v) is 10.1. The second kappa shape index (κ2) is 4.57. The van der Waals surface area contributed by atoms with Gasteiger partial charge in [0.15, 0.2) is 0 Å². The maximum Gasteiger partial charge on any atom is 0.339 e. The Labute approximate surface area is 105 Å². The van der Waals surface area contributed by atoms with E-state index < -0.39 is 5.97 Å². The normalized spacial score (nSPS) is 27.0. The third-order valence-corrected chi connectivity index (χ3v) is 3.77. The molecule has 2 heterocycles. The summed E-state index contributed by atoms with van der Waals surface area (Å²) < 4.78 is 5.74. The Bertz CT molecular complexity index is 463. The van der Waals surface area contributed by atoms with Crippen molar-refractivity contribution in [2.45, 2.75) is 31.4 Å². The van der Waals surface area contributed by atoms with Crippen molar-refractivity contribution in [3.8, 4) is 0 Å². The molecule has 1 aromatic heterocycles. The number of nitrogens with zero attached hydrogens (tertiary/aromatic N) is 2. The van der Waals surface area contributed by atoms with Gasteiger partial charge in [0.05, 0.1) is 18.8 Å². The van der Waals surface area contributed by atoms with Crippen LogP contribution >= 0.6 is 0 Å². The summed E-state index contributed by atoms with van der Waals surface area (Å²) in [6.45, 7) is 1.37. The first-order chi connectivity index (χ1) is 8.77. The lowest BCUT2D eigenvalue weighted by molar-refractivity contribution is 0.0251. The van der Waals surface area contributed by atoms with Crippen molar-refractivity contribution in [3.05, 3.63) is 23.9 Å². The molecule has 96 valence electrons. The van der Waals surface area contributed by atoms with Gasteiger partial charge in [-0.2, -0.15) is 0 Å². The van der Waals surface area contributed by atoms with Crippen LogP contribution in [0.15, 0.2) is 18.3 Å². The molecule has 5 heteroatoms. The number of pyridine rings is 1. The van der Waals surface area contributed by atoms with Crippen LogP contribution in [0.2, 0.25) is 0 Å². The Morgan fingerprint density at radius 2 is 2.39 bits per heavy atom. The Balaban J connectivity index is 1.96. The number of morpholine rings is 1. The van der Waals surface area contributed by atoms with E-state index in [1.165, 1.54) is 0 Å². The molecule has 0 radical (unpaired) electrons. The third kappa shape index (κ3) is 1.84. The summed E-state index contributed by atoms with van der Waals surface area (Å²) in [6, 6.07) is 3.57. The van der Waals surface area contributed by atoms with Crippen molar-refractivity contribution in [1.29, 1.82) is 0 Å². The number of carboxylic acids is 1. The molecule has 1 saturated carbocycles. The number of hydrogen-bond donors (Lipinski definition) is 1. The van der Waals surface area contributed by atoms with Crippen LogP contribution in [0.3, 0.4) is 0 Å². The van der Waals surface area contributed by atoms with Crippen LogP contribution in [0.4, 0.5) is 5.82 Å². The summed E-state index contributed by atoms with van der Waals surface area (Å²) in [6.07, 6.45) is 5.15. The molecule has 1 aliphatic heterocycles. The summed E-state index contributed by atoms with van der Waals surface area (Å²) in [5.74, 6) is -0.329. The second-order valence-corrected chi connectivity index (χ2v) is 4.78. The van der Waals surface area contributed by atoms with Crippen molar-refractivity contribution in [2.24, 2.45) is 0 Å². The SMILES string of the molecule is O=C(O)c1cccnc1N1CCOC2CCCC21. The third-order valence-electron chi connectivity index (χ3n) is 3.77. The quantitative estimate of drug-likeness (QED) is 0.860. The average molecular weight is 248 g/mol. The molecular weight excluding hydrogens is 232 g/mol. The molecule has 3 rings (SSSR count). The summed E-state index contributed by atoms with van der Waals surface area (Å²) >= 11 is 0. The summed E-state index contributed by atoms with van der Waals surface area (Å²) in [4.78, 5) is 17.6. The first kappa shape index (κ1) is 11.5. The Morgan fingerprint density at radius 1 is 1.50 bits per heavy atom. The van der Waals surface area contributed by atoms with Gasteiger partial charge < -0.3 is 14.7 Å². The molecule has 1 aliphatic carbocycles. The van der Waals surface area contributed by atoms with E-state index in [0.717, 1.165) is 25.8 Å². The van der Waals surface area contributed by atoms with Crippen molar-refractivity contribution >= 4 is 11.8 Å². The van der Waals surface area contributed by atoms with E-state index >= 15 is 0 Å². The number of rotatable bonds is 2. The number of carboxylic acid groups (broad SMARTS) is 1. The molecule has 2 fully saturated rings. The number of aromatic carboxylic acids is 1.